The van der Waals surface area contributed by atoms with Crippen LogP contribution in [0.1, 0.15) is 27.0 Å². The zero-order chi connectivity index (χ0) is 13.4. The van der Waals surface area contributed by atoms with E-state index >= 15 is 0 Å². The van der Waals surface area contributed by atoms with Crippen molar-refractivity contribution in [1.82, 2.24) is 0 Å². The van der Waals surface area contributed by atoms with Gasteiger partial charge in [0.15, 0.2) is 5.78 Å². The summed E-state index contributed by atoms with van der Waals surface area (Å²) in [6, 6.07) is 9.41. The molecule has 2 aromatic carbocycles. The number of ether oxygens (including phenoxy) is 1. The molecule has 0 saturated heterocycles. The van der Waals surface area contributed by atoms with Crippen LogP contribution in [-0.4, -0.2) is 5.78 Å². The molecule has 3 rings (SSSR count). The Bertz CT molecular complexity index is 667. The largest absolute Gasteiger partial charge is 0.399 e. The van der Waals surface area contributed by atoms with E-state index in [0.29, 0.717) is 24.5 Å². The number of benzene rings is 2. The van der Waals surface area contributed by atoms with Gasteiger partial charge in [0.1, 0.15) is 5.82 Å². The average Bonchev–Trinajstić information content (AvgIpc) is 2.85. The Morgan fingerprint density at radius 2 is 1.89 bits per heavy atom. The predicted octanol–water partition coefficient (Wildman–Crippen LogP) is 2.67. The van der Waals surface area contributed by atoms with Crippen LogP contribution in [0.3, 0.4) is 0 Å². The van der Waals surface area contributed by atoms with Crippen LogP contribution in [-0.2, 0) is 18.0 Å². The van der Waals surface area contributed by atoms with E-state index in [1.165, 1.54) is 12.1 Å². The Hall–Kier alpha value is -2.20. The number of carbonyl (C=O) groups excluding carboxylic acids is 1. The average molecular weight is 257 g/mol. The summed E-state index contributed by atoms with van der Waals surface area (Å²) in [7, 11) is 0. The lowest BCUT2D eigenvalue weighted by molar-refractivity contribution is 0.103. The van der Waals surface area contributed by atoms with Crippen LogP contribution in [0.25, 0.3) is 0 Å². The topological polar surface area (TPSA) is 52.3 Å². The Labute approximate surface area is 109 Å². The third-order valence-corrected chi connectivity index (χ3v) is 3.22. The molecule has 1 aliphatic rings. The highest BCUT2D eigenvalue weighted by atomic mass is 19.1. The zero-order valence-electron chi connectivity index (χ0n) is 10.2. The van der Waals surface area contributed by atoms with E-state index in [0.717, 1.165) is 17.2 Å². The van der Waals surface area contributed by atoms with Crippen LogP contribution in [0, 0.1) is 5.82 Å². The first kappa shape index (κ1) is 11.9. The van der Waals surface area contributed by atoms with Gasteiger partial charge < -0.3 is 10.5 Å². The lowest BCUT2D eigenvalue weighted by Gasteiger charge is -2.05. The Balaban J connectivity index is 2.00. The number of ketones is 1. The van der Waals surface area contributed by atoms with E-state index in [1.807, 2.05) is 6.07 Å². The highest BCUT2D eigenvalue weighted by molar-refractivity contribution is 6.09. The van der Waals surface area contributed by atoms with Gasteiger partial charge in [0, 0.05) is 11.3 Å². The molecule has 0 aliphatic carbocycles. The molecule has 19 heavy (non-hydrogen) atoms. The molecule has 0 unspecified atom stereocenters. The fourth-order valence-corrected chi connectivity index (χ4v) is 2.18. The molecule has 4 heteroatoms. The first-order chi connectivity index (χ1) is 9.15. The minimum absolute atomic E-state index is 0.0352. The molecule has 0 aromatic heterocycles. The quantitative estimate of drug-likeness (QED) is 0.664. The van der Waals surface area contributed by atoms with Gasteiger partial charge in [-0.05, 0) is 35.4 Å². The molecule has 1 heterocycles. The number of hydrogen-bond donors (Lipinski definition) is 1. The molecule has 0 radical (unpaired) electrons. The van der Waals surface area contributed by atoms with Crippen molar-refractivity contribution in [2.24, 2.45) is 0 Å². The molecule has 0 bridgehead atoms. The van der Waals surface area contributed by atoms with Crippen molar-refractivity contribution < 1.29 is 13.9 Å². The SMILES string of the molecule is Nc1ccc(C(=O)c2ccc3c(c2)COC3)c(F)c1. The second kappa shape index (κ2) is 4.48. The summed E-state index contributed by atoms with van der Waals surface area (Å²) in [5.74, 6) is -0.936. The van der Waals surface area contributed by atoms with Gasteiger partial charge in [0.05, 0.1) is 18.8 Å². The summed E-state index contributed by atoms with van der Waals surface area (Å²) < 4.78 is 19.0. The molecule has 0 spiro atoms. The summed E-state index contributed by atoms with van der Waals surface area (Å²) in [6.45, 7) is 1.07. The van der Waals surface area contributed by atoms with Crippen molar-refractivity contribution in [2.45, 2.75) is 13.2 Å². The van der Waals surface area contributed by atoms with Crippen molar-refractivity contribution in [3.8, 4) is 0 Å². The smallest absolute Gasteiger partial charge is 0.195 e. The first-order valence-corrected chi connectivity index (χ1v) is 5.94. The number of fused-ring (bicyclic) bond motifs is 1. The van der Waals surface area contributed by atoms with Crippen molar-refractivity contribution in [3.63, 3.8) is 0 Å². The Morgan fingerprint density at radius 1 is 1.11 bits per heavy atom. The van der Waals surface area contributed by atoms with Gasteiger partial charge in [0.25, 0.3) is 0 Å². The first-order valence-electron chi connectivity index (χ1n) is 5.94. The maximum absolute atomic E-state index is 13.7. The third-order valence-electron chi connectivity index (χ3n) is 3.22. The highest BCUT2D eigenvalue weighted by Crippen LogP contribution is 2.23. The predicted molar refractivity (Wildman–Crippen MR) is 69.2 cm³/mol. The lowest BCUT2D eigenvalue weighted by atomic mass is 9.99. The molecule has 2 aromatic rings. The maximum atomic E-state index is 13.7. The summed E-state index contributed by atoms with van der Waals surface area (Å²) in [4.78, 5) is 12.3. The summed E-state index contributed by atoms with van der Waals surface area (Å²) in [5, 5.41) is 0. The van der Waals surface area contributed by atoms with E-state index in [1.54, 1.807) is 12.1 Å². The van der Waals surface area contributed by atoms with Crippen LogP contribution >= 0.6 is 0 Å². The van der Waals surface area contributed by atoms with Gasteiger partial charge in [0.2, 0.25) is 0 Å². The van der Waals surface area contributed by atoms with Gasteiger partial charge in [-0.1, -0.05) is 12.1 Å². The fourth-order valence-electron chi connectivity index (χ4n) is 2.18. The second-order valence-corrected chi connectivity index (χ2v) is 4.54. The van der Waals surface area contributed by atoms with Gasteiger partial charge in [-0.3, -0.25) is 4.79 Å². The monoisotopic (exact) mass is 257 g/mol. The number of rotatable bonds is 2. The third kappa shape index (κ3) is 2.11. The zero-order valence-corrected chi connectivity index (χ0v) is 10.2. The van der Waals surface area contributed by atoms with Gasteiger partial charge in [-0.2, -0.15) is 0 Å². The summed E-state index contributed by atoms with van der Waals surface area (Å²) in [6.07, 6.45) is 0. The molecule has 0 amide bonds. The fraction of sp³-hybridized carbons (Fsp3) is 0.133. The highest BCUT2D eigenvalue weighted by Gasteiger charge is 2.17. The molecule has 2 N–H and O–H groups in total. The van der Waals surface area contributed by atoms with Crippen molar-refractivity contribution in [2.75, 3.05) is 5.73 Å². The van der Waals surface area contributed by atoms with E-state index in [4.69, 9.17) is 10.5 Å². The maximum Gasteiger partial charge on any atom is 0.195 e. The number of anilines is 1. The Morgan fingerprint density at radius 3 is 2.68 bits per heavy atom. The minimum atomic E-state index is -0.596. The summed E-state index contributed by atoms with van der Waals surface area (Å²) in [5.41, 5.74) is 8.34. The normalized spacial score (nSPS) is 13.3. The van der Waals surface area contributed by atoms with Crippen LogP contribution in [0.5, 0.6) is 0 Å². The van der Waals surface area contributed by atoms with Crippen LogP contribution in [0.2, 0.25) is 0 Å². The molecular formula is C15H12FNO2. The van der Waals surface area contributed by atoms with Gasteiger partial charge in [-0.25, -0.2) is 4.39 Å². The molecule has 0 atom stereocenters. The van der Waals surface area contributed by atoms with E-state index < -0.39 is 5.82 Å². The van der Waals surface area contributed by atoms with Gasteiger partial charge in [-0.15, -0.1) is 0 Å². The number of hydrogen-bond acceptors (Lipinski definition) is 3. The lowest BCUT2D eigenvalue weighted by Crippen LogP contribution is -2.05. The Kier molecular flexibility index (Phi) is 2.80. The van der Waals surface area contributed by atoms with Crippen molar-refractivity contribution in [1.29, 1.82) is 0 Å². The van der Waals surface area contributed by atoms with Gasteiger partial charge >= 0.3 is 0 Å². The van der Waals surface area contributed by atoms with Crippen molar-refractivity contribution >= 4 is 11.5 Å². The van der Waals surface area contributed by atoms with Crippen LogP contribution in [0.15, 0.2) is 36.4 Å². The molecule has 0 fully saturated rings. The number of nitrogens with two attached hydrogens (primary N) is 1. The van der Waals surface area contributed by atoms with E-state index in [2.05, 4.69) is 0 Å². The molecule has 1 aliphatic heterocycles. The molecule has 96 valence electrons. The van der Waals surface area contributed by atoms with Crippen molar-refractivity contribution in [3.05, 3.63) is 64.5 Å². The number of halogens is 1. The molecule has 3 nitrogen and oxygen atoms in total. The van der Waals surface area contributed by atoms with E-state index in [9.17, 15) is 9.18 Å². The minimum Gasteiger partial charge on any atom is -0.399 e. The van der Waals surface area contributed by atoms with Crippen LogP contribution < -0.4 is 5.73 Å². The number of carbonyl (C=O) groups is 1. The second-order valence-electron chi connectivity index (χ2n) is 4.54. The number of nitrogen functional groups attached to an aromatic ring is 1. The summed E-state index contributed by atoms with van der Waals surface area (Å²) >= 11 is 0. The van der Waals surface area contributed by atoms with Crippen LogP contribution in [0.4, 0.5) is 10.1 Å². The molecule has 0 saturated carbocycles. The van der Waals surface area contributed by atoms with E-state index in [-0.39, 0.29) is 11.3 Å². The standard InChI is InChI=1S/C15H12FNO2/c16-14-6-12(17)3-4-13(14)15(18)9-1-2-10-7-19-8-11(10)5-9/h1-6H,7-8,17H2. The molecular weight excluding hydrogens is 245 g/mol.